The first-order chi connectivity index (χ1) is 11.0. The van der Waals surface area contributed by atoms with Crippen molar-refractivity contribution in [1.29, 1.82) is 0 Å². The molecule has 0 saturated carbocycles. The third-order valence-corrected chi connectivity index (χ3v) is 4.59. The molecule has 2 aromatic carbocycles. The molecule has 0 amide bonds. The number of hydrogen-bond donors (Lipinski definition) is 1. The number of ether oxygens (including phenoxy) is 2. The van der Waals surface area contributed by atoms with Gasteiger partial charge in [-0.05, 0) is 43.2 Å². The first kappa shape index (κ1) is 17.1. The molecule has 1 N–H and O–H groups in total. The van der Waals surface area contributed by atoms with Gasteiger partial charge < -0.3 is 9.47 Å². The Bertz CT molecular complexity index is 772. The standard InChI is InChI=1S/C17H21NO4S/c1-4-11-22-15-8-6-5-7-14(15)18-23(19,20)17-12-13(2)9-10-16(17)21-3/h5-10,12,18H,4,11H2,1-3H3. The first-order valence-corrected chi connectivity index (χ1v) is 8.85. The molecule has 0 aliphatic heterocycles. The van der Waals surface area contributed by atoms with Crippen molar-refractivity contribution in [3.8, 4) is 11.5 Å². The Balaban J connectivity index is 2.38. The highest BCUT2D eigenvalue weighted by Gasteiger charge is 2.21. The number of para-hydroxylation sites is 2. The Morgan fingerprint density at radius 2 is 1.83 bits per heavy atom. The van der Waals surface area contributed by atoms with Gasteiger partial charge in [0.1, 0.15) is 16.4 Å². The minimum atomic E-state index is -3.78. The summed E-state index contributed by atoms with van der Waals surface area (Å²) in [7, 11) is -2.33. The molecule has 0 radical (unpaired) electrons. The van der Waals surface area contributed by atoms with Crippen molar-refractivity contribution in [2.75, 3.05) is 18.4 Å². The fourth-order valence-corrected chi connectivity index (χ4v) is 3.41. The van der Waals surface area contributed by atoms with Gasteiger partial charge in [0.05, 0.1) is 19.4 Å². The van der Waals surface area contributed by atoms with Crippen molar-refractivity contribution < 1.29 is 17.9 Å². The van der Waals surface area contributed by atoms with Crippen LogP contribution in [0.15, 0.2) is 47.4 Å². The van der Waals surface area contributed by atoms with Crippen LogP contribution in [0.5, 0.6) is 11.5 Å². The highest BCUT2D eigenvalue weighted by Crippen LogP contribution is 2.30. The number of anilines is 1. The van der Waals surface area contributed by atoms with Crippen molar-refractivity contribution in [3.05, 3.63) is 48.0 Å². The van der Waals surface area contributed by atoms with E-state index in [0.717, 1.165) is 12.0 Å². The number of nitrogens with one attached hydrogen (secondary N) is 1. The minimum Gasteiger partial charge on any atom is -0.495 e. The van der Waals surface area contributed by atoms with Gasteiger partial charge in [-0.25, -0.2) is 8.42 Å². The van der Waals surface area contributed by atoms with Gasteiger partial charge in [0, 0.05) is 0 Å². The van der Waals surface area contributed by atoms with Crippen LogP contribution in [0, 0.1) is 6.92 Å². The molecule has 0 unspecified atom stereocenters. The molecule has 6 heteroatoms. The maximum absolute atomic E-state index is 12.7. The van der Waals surface area contributed by atoms with E-state index in [2.05, 4.69) is 4.72 Å². The van der Waals surface area contributed by atoms with Crippen LogP contribution in [0.2, 0.25) is 0 Å². The second-order valence-electron chi connectivity index (χ2n) is 5.10. The first-order valence-electron chi connectivity index (χ1n) is 7.37. The van der Waals surface area contributed by atoms with E-state index in [0.29, 0.717) is 23.8 Å². The number of hydrogen-bond acceptors (Lipinski definition) is 4. The summed E-state index contributed by atoms with van der Waals surface area (Å²) in [6.07, 6.45) is 0.840. The van der Waals surface area contributed by atoms with Crippen molar-refractivity contribution >= 4 is 15.7 Å². The van der Waals surface area contributed by atoms with E-state index in [1.165, 1.54) is 7.11 Å². The van der Waals surface area contributed by atoms with E-state index < -0.39 is 10.0 Å². The van der Waals surface area contributed by atoms with Crippen molar-refractivity contribution in [1.82, 2.24) is 0 Å². The van der Waals surface area contributed by atoms with Gasteiger partial charge >= 0.3 is 0 Å². The lowest BCUT2D eigenvalue weighted by molar-refractivity contribution is 0.319. The molecule has 124 valence electrons. The highest BCUT2D eigenvalue weighted by molar-refractivity contribution is 7.92. The summed E-state index contributed by atoms with van der Waals surface area (Å²) in [5.74, 6) is 0.805. The molecule has 0 heterocycles. The summed E-state index contributed by atoms with van der Waals surface area (Å²) >= 11 is 0. The SMILES string of the molecule is CCCOc1ccccc1NS(=O)(=O)c1cc(C)ccc1OC. The van der Waals surface area contributed by atoms with Crippen LogP contribution in [0.3, 0.4) is 0 Å². The van der Waals surface area contributed by atoms with Crippen LogP contribution in [0.25, 0.3) is 0 Å². The van der Waals surface area contributed by atoms with Crippen molar-refractivity contribution in [3.63, 3.8) is 0 Å². The average Bonchev–Trinajstić information content (AvgIpc) is 2.53. The molecular formula is C17H21NO4S. The van der Waals surface area contributed by atoms with Gasteiger partial charge in [-0.3, -0.25) is 4.72 Å². The van der Waals surface area contributed by atoms with E-state index in [-0.39, 0.29) is 4.90 Å². The van der Waals surface area contributed by atoms with Crippen LogP contribution in [-0.4, -0.2) is 22.1 Å². The maximum atomic E-state index is 12.7. The molecule has 0 fully saturated rings. The number of benzene rings is 2. The Kier molecular flexibility index (Phi) is 5.50. The summed E-state index contributed by atoms with van der Waals surface area (Å²) in [6.45, 7) is 4.34. The van der Waals surface area contributed by atoms with Crippen LogP contribution in [-0.2, 0) is 10.0 Å². The zero-order chi connectivity index (χ0) is 16.9. The van der Waals surface area contributed by atoms with Crippen molar-refractivity contribution in [2.24, 2.45) is 0 Å². The van der Waals surface area contributed by atoms with E-state index in [9.17, 15) is 8.42 Å². The Morgan fingerprint density at radius 1 is 1.09 bits per heavy atom. The molecule has 0 spiro atoms. The summed E-state index contributed by atoms with van der Waals surface area (Å²) in [6, 6.07) is 12.0. The Morgan fingerprint density at radius 3 is 2.52 bits per heavy atom. The molecule has 0 aliphatic rings. The van der Waals surface area contributed by atoms with Gasteiger partial charge in [0.2, 0.25) is 0 Å². The second kappa shape index (κ2) is 7.37. The number of sulfonamides is 1. The number of methoxy groups -OCH3 is 1. The lowest BCUT2D eigenvalue weighted by Gasteiger charge is -2.15. The van der Waals surface area contributed by atoms with E-state index in [1.54, 1.807) is 42.5 Å². The minimum absolute atomic E-state index is 0.102. The van der Waals surface area contributed by atoms with Crippen LogP contribution < -0.4 is 14.2 Å². The lowest BCUT2D eigenvalue weighted by atomic mass is 10.2. The van der Waals surface area contributed by atoms with Crippen LogP contribution >= 0.6 is 0 Å². The molecular weight excluding hydrogens is 314 g/mol. The smallest absolute Gasteiger partial charge is 0.265 e. The average molecular weight is 335 g/mol. The monoisotopic (exact) mass is 335 g/mol. The maximum Gasteiger partial charge on any atom is 0.265 e. The molecule has 2 aromatic rings. The van der Waals surface area contributed by atoms with Crippen LogP contribution in [0.1, 0.15) is 18.9 Å². The van der Waals surface area contributed by atoms with E-state index >= 15 is 0 Å². The summed E-state index contributed by atoms with van der Waals surface area (Å²) in [5, 5.41) is 0. The van der Waals surface area contributed by atoms with Crippen molar-refractivity contribution in [2.45, 2.75) is 25.2 Å². The molecule has 23 heavy (non-hydrogen) atoms. The van der Waals surface area contributed by atoms with Gasteiger partial charge in [-0.2, -0.15) is 0 Å². The Hall–Kier alpha value is -2.21. The summed E-state index contributed by atoms with van der Waals surface area (Å²) in [4.78, 5) is 0.102. The second-order valence-corrected chi connectivity index (χ2v) is 6.76. The molecule has 0 aliphatic carbocycles. The van der Waals surface area contributed by atoms with Gasteiger partial charge in [0.25, 0.3) is 10.0 Å². The third kappa shape index (κ3) is 4.16. The fraction of sp³-hybridized carbons (Fsp3) is 0.294. The molecule has 0 bridgehead atoms. The highest BCUT2D eigenvalue weighted by atomic mass is 32.2. The lowest BCUT2D eigenvalue weighted by Crippen LogP contribution is -2.15. The van der Waals surface area contributed by atoms with Crippen LogP contribution in [0.4, 0.5) is 5.69 Å². The Labute approximate surface area is 137 Å². The summed E-state index contributed by atoms with van der Waals surface area (Å²) in [5.41, 5.74) is 1.24. The quantitative estimate of drug-likeness (QED) is 0.840. The zero-order valence-corrected chi connectivity index (χ0v) is 14.3. The normalized spacial score (nSPS) is 11.1. The predicted molar refractivity (Wildman–Crippen MR) is 90.8 cm³/mol. The molecule has 0 atom stereocenters. The van der Waals surface area contributed by atoms with Gasteiger partial charge in [-0.15, -0.1) is 0 Å². The zero-order valence-electron chi connectivity index (χ0n) is 13.5. The summed E-state index contributed by atoms with van der Waals surface area (Å²) < 4.78 is 38.8. The fourth-order valence-electron chi connectivity index (χ4n) is 2.08. The molecule has 0 aromatic heterocycles. The third-order valence-electron chi connectivity index (χ3n) is 3.20. The van der Waals surface area contributed by atoms with E-state index in [1.807, 2.05) is 13.8 Å². The molecule has 2 rings (SSSR count). The largest absolute Gasteiger partial charge is 0.495 e. The number of rotatable bonds is 7. The predicted octanol–water partition coefficient (Wildman–Crippen LogP) is 3.59. The van der Waals surface area contributed by atoms with Gasteiger partial charge in [-0.1, -0.05) is 25.1 Å². The molecule has 5 nitrogen and oxygen atoms in total. The molecule has 0 saturated heterocycles. The van der Waals surface area contributed by atoms with E-state index in [4.69, 9.17) is 9.47 Å². The topological polar surface area (TPSA) is 64.6 Å². The van der Waals surface area contributed by atoms with Gasteiger partial charge in [0.15, 0.2) is 0 Å². The number of aryl methyl sites for hydroxylation is 1.